The van der Waals surface area contributed by atoms with Crippen LogP contribution in [0.25, 0.3) is 0 Å². The number of ether oxygens (including phenoxy) is 3. The van der Waals surface area contributed by atoms with Crippen molar-refractivity contribution in [1.29, 1.82) is 0 Å². The van der Waals surface area contributed by atoms with Crippen molar-refractivity contribution in [3.8, 4) is 11.5 Å². The van der Waals surface area contributed by atoms with E-state index >= 15 is 0 Å². The Labute approximate surface area is 221 Å². The Morgan fingerprint density at radius 2 is 1.97 bits per heavy atom. The highest BCUT2D eigenvalue weighted by atomic mass is 28.3. The number of carbonyl (C=O) groups is 1. The minimum Gasteiger partial charge on any atom is -0.497 e. The van der Waals surface area contributed by atoms with Gasteiger partial charge < -0.3 is 30.0 Å². The second-order valence-electron chi connectivity index (χ2n) is 11.0. The predicted octanol–water partition coefficient (Wildman–Crippen LogP) is 4.09. The molecule has 1 saturated heterocycles. The van der Waals surface area contributed by atoms with Gasteiger partial charge in [0.25, 0.3) is 0 Å². The smallest absolute Gasteiger partial charge is 0.228 e. The quantitative estimate of drug-likeness (QED) is 0.427. The molecule has 8 heteroatoms. The number of fused-ring (bicyclic) bond motifs is 1. The average Bonchev–Trinajstić information content (AvgIpc) is 2.92. The number of rotatable bonds is 9. The third kappa shape index (κ3) is 5.87. The van der Waals surface area contributed by atoms with Crippen molar-refractivity contribution in [2.45, 2.75) is 57.0 Å². The van der Waals surface area contributed by atoms with Gasteiger partial charge in [0.1, 0.15) is 17.6 Å². The summed E-state index contributed by atoms with van der Waals surface area (Å²) in [4.78, 5) is 12.8. The highest BCUT2D eigenvalue weighted by molar-refractivity contribution is 6.91. The molecule has 202 valence electrons. The van der Waals surface area contributed by atoms with Crippen molar-refractivity contribution in [3.05, 3.63) is 48.0 Å². The lowest BCUT2D eigenvalue weighted by molar-refractivity contribution is -0.120. The second-order valence-corrected chi connectivity index (χ2v) is 15.7. The number of carbonyl (C=O) groups excluding carboxylic acids is 1. The molecule has 0 spiro atoms. The Bertz CT molecular complexity index is 1050. The zero-order valence-corrected chi connectivity index (χ0v) is 23.8. The van der Waals surface area contributed by atoms with Crippen LogP contribution < -0.4 is 25.3 Å². The first-order chi connectivity index (χ1) is 17.8. The third-order valence-corrected chi connectivity index (χ3v) is 12.7. The number of benzene rings is 2. The molecule has 0 radical (unpaired) electrons. The molecule has 37 heavy (non-hydrogen) atoms. The number of hydrogen-bond acceptors (Lipinski definition) is 6. The van der Waals surface area contributed by atoms with E-state index in [1.165, 1.54) is 5.19 Å². The number of anilines is 1. The standard InChI is InChI=1S/C29H42N2O5Si/c1-19-27(35-3)24-17-21(31-29(33)20-7-6-15-30-18-20)8-13-25(24)36-28(19)26(14-16-32)37(4,5)23-11-9-22(34-2)10-12-23/h8-13,17,19-20,26-28,30,32H,6-7,14-16,18H2,1-5H3,(H,31,33)/t19-,20?,26?,27-,28-/m1/s1. The molecule has 2 aliphatic heterocycles. The summed E-state index contributed by atoms with van der Waals surface area (Å²) in [6.07, 6.45) is 2.31. The van der Waals surface area contributed by atoms with Gasteiger partial charge in [-0.1, -0.05) is 37.3 Å². The fraction of sp³-hybridized carbons (Fsp3) is 0.552. The van der Waals surface area contributed by atoms with Crippen molar-refractivity contribution in [1.82, 2.24) is 5.32 Å². The van der Waals surface area contributed by atoms with Gasteiger partial charge in [0.15, 0.2) is 0 Å². The maximum atomic E-state index is 12.8. The van der Waals surface area contributed by atoms with E-state index < -0.39 is 8.07 Å². The fourth-order valence-electron chi connectivity index (χ4n) is 6.08. The van der Waals surface area contributed by atoms with Crippen molar-refractivity contribution in [3.63, 3.8) is 0 Å². The summed E-state index contributed by atoms with van der Waals surface area (Å²) in [5, 5.41) is 17.8. The predicted molar refractivity (Wildman–Crippen MR) is 150 cm³/mol. The maximum absolute atomic E-state index is 12.8. The first kappa shape index (κ1) is 27.6. The minimum atomic E-state index is -2.07. The molecule has 7 nitrogen and oxygen atoms in total. The largest absolute Gasteiger partial charge is 0.497 e. The van der Waals surface area contributed by atoms with E-state index in [-0.39, 0.29) is 42.1 Å². The zero-order chi connectivity index (χ0) is 26.6. The summed E-state index contributed by atoms with van der Waals surface area (Å²) in [6.45, 7) is 8.67. The number of aliphatic hydroxyl groups excluding tert-OH is 1. The molecule has 3 N–H and O–H groups in total. The van der Waals surface area contributed by atoms with Crippen LogP contribution in [-0.2, 0) is 9.53 Å². The van der Waals surface area contributed by atoms with Crippen LogP contribution in [0.3, 0.4) is 0 Å². The number of amides is 1. The number of piperidine rings is 1. The van der Waals surface area contributed by atoms with E-state index in [1.807, 2.05) is 30.3 Å². The molecule has 2 aromatic carbocycles. The normalized spacial score (nSPS) is 24.5. The van der Waals surface area contributed by atoms with Crippen molar-refractivity contribution in [2.24, 2.45) is 11.8 Å². The fourth-order valence-corrected chi connectivity index (χ4v) is 9.58. The number of nitrogens with one attached hydrogen (secondary N) is 2. The molecule has 0 bridgehead atoms. The van der Waals surface area contributed by atoms with Gasteiger partial charge in [-0.25, -0.2) is 0 Å². The maximum Gasteiger partial charge on any atom is 0.228 e. The lowest BCUT2D eigenvalue weighted by Crippen LogP contribution is -2.54. The van der Waals surface area contributed by atoms with E-state index in [0.29, 0.717) is 6.42 Å². The van der Waals surface area contributed by atoms with Gasteiger partial charge in [0.05, 0.1) is 27.2 Å². The number of aliphatic hydroxyl groups is 1. The molecule has 1 amide bonds. The molecule has 0 aromatic heterocycles. The van der Waals surface area contributed by atoms with Crippen LogP contribution in [0.15, 0.2) is 42.5 Å². The molecule has 0 aliphatic carbocycles. The highest BCUT2D eigenvalue weighted by Gasteiger charge is 2.47. The Morgan fingerprint density at radius 1 is 1.22 bits per heavy atom. The first-order valence-electron chi connectivity index (χ1n) is 13.4. The summed E-state index contributed by atoms with van der Waals surface area (Å²) >= 11 is 0. The van der Waals surface area contributed by atoms with Crippen LogP contribution in [0.4, 0.5) is 5.69 Å². The van der Waals surface area contributed by atoms with Gasteiger partial charge in [0.2, 0.25) is 5.91 Å². The molecule has 4 rings (SSSR count). The molecule has 2 aromatic rings. The number of methoxy groups -OCH3 is 2. The van der Waals surface area contributed by atoms with Crippen molar-refractivity contribution in [2.75, 3.05) is 39.2 Å². The molecule has 5 atom stereocenters. The average molecular weight is 527 g/mol. The van der Waals surface area contributed by atoms with E-state index in [4.69, 9.17) is 14.2 Å². The van der Waals surface area contributed by atoms with Gasteiger partial charge >= 0.3 is 0 Å². The van der Waals surface area contributed by atoms with Gasteiger partial charge in [-0.05, 0) is 61.7 Å². The monoisotopic (exact) mass is 526 g/mol. The van der Waals surface area contributed by atoms with E-state index in [1.54, 1.807) is 14.2 Å². The lowest BCUT2D eigenvalue weighted by Gasteiger charge is -2.45. The van der Waals surface area contributed by atoms with Gasteiger partial charge in [-0.2, -0.15) is 0 Å². The topological polar surface area (TPSA) is 89.0 Å². The molecule has 1 fully saturated rings. The molecule has 2 unspecified atom stereocenters. The van der Waals surface area contributed by atoms with Crippen LogP contribution in [0.5, 0.6) is 11.5 Å². The van der Waals surface area contributed by atoms with Crippen molar-refractivity contribution < 1.29 is 24.1 Å². The second kappa shape index (κ2) is 12.0. The van der Waals surface area contributed by atoms with E-state index in [9.17, 15) is 9.90 Å². The van der Waals surface area contributed by atoms with Gasteiger partial charge in [-0.15, -0.1) is 0 Å². The lowest BCUT2D eigenvalue weighted by atomic mass is 9.86. The van der Waals surface area contributed by atoms with Gasteiger partial charge in [0, 0.05) is 37.4 Å². The third-order valence-electron chi connectivity index (χ3n) is 8.36. The van der Waals surface area contributed by atoms with Gasteiger partial charge in [-0.3, -0.25) is 4.79 Å². The van der Waals surface area contributed by atoms with Crippen LogP contribution in [0.1, 0.15) is 37.9 Å². The minimum absolute atomic E-state index is 0.00746. The van der Waals surface area contributed by atoms with E-state index in [0.717, 1.165) is 48.7 Å². The van der Waals surface area contributed by atoms with Crippen LogP contribution >= 0.6 is 0 Å². The van der Waals surface area contributed by atoms with E-state index in [2.05, 4.69) is 42.8 Å². The van der Waals surface area contributed by atoms with Crippen LogP contribution in [0.2, 0.25) is 18.6 Å². The first-order valence-corrected chi connectivity index (χ1v) is 16.5. The Hall–Kier alpha value is -2.39. The molecule has 2 aliphatic rings. The SMILES string of the molecule is COc1ccc([Si](C)(C)C(CCO)[C@@H]2Oc3ccc(NC(=O)C4CCCNC4)cc3[C@H](OC)[C@H]2C)cc1. The Kier molecular flexibility index (Phi) is 8.95. The Morgan fingerprint density at radius 3 is 2.59 bits per heavy atom. The summed E-state index contributed by atoms with van der Waals surface area (Å²) in [7, 11) is 1.34. The molecule has 2 heterocycles. The summed E-state index contributed by atoms with van der Waals surface area (Å²) in [6, 6.07) is 14.2. The zero-order valence-electron chi connectivity index (χ0n) is 22.8. The number of hydrogen-bond donors (Lipinski definition) is 3. The molecular weight excluding hydrogens is 484 g/mol. The highest BCUT2D eigenvalue weighted by Crippen LogP contribution is 2.47. The van der Waals surface area contributed by atoms with Crippen LogP contribution in [-0.4, -0.2) is 59.1 Å². The Balaban J connectivity index is 1.60. The van der Waals surface area contributed by atoms with Crippen LogP contribution in [0, 0.1) is 11.8 Å². The summed E-state index contributed by atoms with van der Waals surface area (Å²) in [5.41, 5.74) is 1.90. The van der Waals surface area contributed by atoms with Crippen molar-refractivity contribution >= 4 is 24.9 Å². The summed E-state index contributed by atoms with van der Waals surface area (Å²) < 4.78 is 18.1. The summed E-state index contributed by atoms with van der Waals surface area (Å²) in [5.74, 6) is 1.74. The molecule has 0 saturated carbocycles. The molecular formula is C29H42N2O5Si.